The summed E-state index contributed by atoms with van der Waals surface area (Å²) in [6, 6.07) is 13.5. The summed E-state index contributed by atoms with van der Waals surface area (Å²) in [5.74, 6) is -0.526. The summed E-state index contributed by atoms with van der Waals surface area (Å²) >= 11 is 6.38. The van der Waals surface area contributed by atoms with Crippen molar-refractivity contribution in [1.29, 1.82) is 0 Å². The molecular formula is C20H17N3O4S2. The van der Waals surface area contributed by atoms with Crippen LogP contribution in [0, 0.1) is 17.0 Å². The average Bonchev–Trinajstić information content (AvgIpc) is 2.93. The van der Waals surface area contributed by atoms with E-state index in [1.807, 2.05) is 25.1 Å². The number of hydrogen-bond donors (Lipinski definition) is 1. The second-order valence-corrected chi connectivity index (χ2v) is 8.03. The highest BCUT2D eigenvalue weighted by atomic mass is 32.2. The molecule has 0 atom stereocenters. The normalized spacial score (nSPS) is 15.1. The van der Waals surface area contributed by atoms with Crippen molar-refractivity contribution in [2.75, 3.05) is 11.9 Å². The van der Waals surface area contributed by atoms with Gasteiger partial charge in [0.1, 0.15) is 4.32 Å². The summed E-state index contributed by atoms with van der Waals surface area (Å²) in [7, 11) is 0. The van der Waals surface area contributed by atoms with E-state index >= 15 is 0 Å². The van der Waals surface area contributed by atoms with Crippen molar-refractivity contribution in [3.8, 4) is 0 Å². The number of hydrogen-bond acceptors (Lipinski definition) is 6. The summed E-state index contributed by atoms with van der Waals surface area (Å²) in [4.78, 5) is 37.0. The molecule has 0 aliphatic carbocycles. The zero-order valence-electron chi connectivity index (χ0n) is 15.5. The van der Waals surface area contributed by atoms with Gasteiger partial charge in [-0.05, 0) is 36.3 Å². The molecule has 1 aliphatic heterocycles. The Bertz CT molecular complexity index is 1040. The van der Waals surface area contributed by atoms with Crippen molar-refractivity contribution in [3.63, 3.8) is 0 Å². The van der Waals surface area contributed by atoms with Crippen LogP contribution in [0.1, 0.15) is 17.5 Å². The lowest BCUT2D eigenvalue weighted by molar-refractivity contribution is -0.384. The van der Waals surface area contributed by atoms with Gasteiger partial charge in [-0.2, -0.15) is 0 Å². The second-order valence-electron chi connectivity index (χ2n) is 6.35. The van der Waals surface area contributed by atoms with Gasteiger partial charge in [0.25, 0.3) is 11.6 Å². The summed E-state index contributed by atoms with van der Waals surface area (Å²) in [6.45, 7) is 2.10. The molecule has 1 heterocycles. The molecule has 7 nitrogen and oxygen atoms in total. The topological polar surface area (TPSA) is 92.6 Å². The lowest BCUT2D eigenvalue weighted by atomic mass is 10.2. The van der Waals surface area contributed by atoms with E-state index in [-0.39, 0.29) is 30.5 Å². The largest absolute Gasteiger partial charge is 0.326 e. The molecule has 3 rings (SSSR count). The number of nitro groups is 1. The minimum absolute atomic E-state index is 0.0537. The van der Waals surface area contributed by atoms with Crippen molar-refractivity contribution < 1.29 is 14.5 Å². The van der Waals surface area contributed by atoms with Crippen LogP contribution in [0.15, 0.2) is 53.4 Å². The molecule has 1 saturated heterocycles. The Balaban J connectivity index is 1.64. The van der Waals surface area contributed by atoms with E-state index in [0.29, 0.717) is 20.5 Å². The van der Waals surface area contributed by atoms with E-state index in [4.69, 9.17) is 12.2 Å². The van der Waals surface area contributed by atoms with Crippen molar-refractivity contribution in [1.82, 2.24) is 4.90 Å². The lowest BCUT2D eigenvalue weighted by Gasteiger charge is -2.14. The number of carbonyl (C=O) groups excluding carboxylic acids is 2. The van der Waals surface area contributed by atoms with Crippen molar-refractivity contribution in [2.24, 2.45) is 0 Å². The van der Waals surface area contributed by atoms with E-state index in [1.165, 1.54) is 17.0 Å². The van der Waals surface area contributed by atoms with E-state index in [9.17, 15) is 19.7 Å². The first-order valence-corrected chi connectivity index (χ1v) is 9.92. The number of nitrogens with one attached hydrogen (secondary N) is 1. The molecule has 0 radical (unpaired) electrons. The first-order valence-electron chi connectivity index (χ1n) is 8.70. The average molecular weight is 428 g/mol. The smallest absolute Gasteiger partial charge is 0.270 e. The maximum atomic E-state index is 12.6. The van der Waals surface area contributed by atoms with Gasteiger partial charge in [0.05, 0.1) is 9.83 Å². The molecule has 2 aromatic rings. The molecule has 9 heteroatoms. The molecule has 148 valence electrons. The summed E-state index contributed by atoms with van der Waals surface area (Å²) in [6.07, 6.45) is 1.67. The molecular weight excluding hydrogens is 410 g/mol. The summed E-state index contributed by atoms with van der Waals surface area (Å²) in [5, 5.41) is 13.7. The first kappa shape index (κ1) is 20.7. The molecule has 2 amide bonds. The maximum Gasteiger partial charge on any atom is 0.270 e. The zero-order chi connectivity index (χ0) is 21.0. The number of carbonyl (C=O) groups is 2. The van der Waals surface area contributed by atoms with Gasteiger partial charge in [-0.15, -0.1) is 0 Å². The molecule has 0 unspecified atom stereocenters. The van der Waals surface area contributed by atoms with Crippen LogP contribution in [0.3, 0.4) is 0 Å². The van der Waals surface area contributed by atoms with Crippen LogP contribution in [0.5, 0.6) is 0 Å². The van der Waals surface area contributed by atoms with Gasteiger partial charge in [-0.3, -0.25) is 24.6 Å². The molecule has 0 saturated carbocycles. The monoisotopic (exact) mass is 427 g/mol. The van der Waals surface area contributed by atoms with Crippen molar-refractivity contribution in [2.45, 2.75) is 13.3 Å². The Morgan fingerprint density at radius 2 is 2.03 bits per heavy atom. The maximum absolute atomic E-state index is 12.6. The van der Waals surface area contributed by atoms with Crippen LogP contribution in [-0.2, 0) is 9.59 Å². The Morgan fingerprint density at radius 1 is 1.28 bits per heavy atom. The number of benzene rings is 2. The molecule has 1 fully saturated rings. The molecule has 29 heavy (non-hydrogen) atoms. The number of amides is 2. The van der Waals surface area contributed by atoms with Gasteiger partial charge in [0, 0.05) is 30.8 Å². The number of nitro benzene ring substituents is 1. The van der Waals surface area contributed by atoms with Gasteiger partial charge in [0.15, 0.2) is 0 Å². The minimum Gasteiger partial charge on any atom is -0.326 e. The van der Waals surface area contributed by atoms with Crippen molar-refractivity contribution >= 4 is 57.6 Å². The quantitative estimate of drug-likeness (QED) is 0.322. The highest BCUT2D eigenvalue weighted by Crippen LogP contribution is 2.33. The van der Waals surface area contributed by atoms with Gasteiger partial charge in [0.2, 0.25) is 5.91 Å². The Kier molecular flexibility index (Phi) is 6.40. The standard InChI is InChI=1S/C20H17N3O4S2/c1-13-4-2-6-15(10-13)21-18(24)8-9-22-19(25)17(29-20(22)28)12-14-5-3-7-16(11-14)23(26)27/h2-7,10-12H,8-9H2,1H3,(H,21,24)/b17-12-. The fraction of sp³-hybridized carbons (Fsp3) is 0.150. The van der Waals surface area contributed by atoms with Crippen LogP contribution < -0.4 is 5.32 Å². The van der Waals surface area contributed by atoms with Crippen LogP contribution in [0.4, 0.5) is 11.4 Å². The van der Waals surface area contributed by atoms with Crippen LogP contribution in [-0.4, -0.2) is 32.5 Å². The minimum atomic E-state index is -0.491. The van der Waals surface area contributed by atoms with Crippen LogP contribution in [0.25, 0.3) is 6.08 Å². The number of non-ortho nitro benzene ring substituents is 1. The zero-order valence-corrected chi connectivity index (χ0v) is 17.1. The van der Waals surface area contributed by atoms with E-state index in [2.05, 4.69) is 5.32 Å². The van der Waals surface area contributed by atoms with Gasteiger partial charge in [-0.25, -0.2) is 0 Å². The highest BCUT2D eigenvalue weighted by molar-refractivity contribution is 8.26. The molecule has 1 aliphatic rings. The number of aryl methyl sites for hydroxylation is 1. The summed E-state index contributed by atoms with van der Waals surface area (Å²) < 4.78 is 0.357. The van der Waals surface area contributed by atoms with E-state index in [1.54, 1.807) is 24.3 Å². The number of rotatable bonds is 6. The summed E-state index contributed by atoms with van der Waals surface area (Å²) in [5.41, 5.74) is 2.22. The van der Waals surface area contributed by atoms with Gasteiger partial charge >= 0.3 is 0 Å². The van der Waals surface area contributed by atoms with Gasteiger partial charge in [-0.1, -0.05) is 48.2 Å². The Hall–Kier alpha value is -3.04. The Labute approximate surface area is 176 Å². The third-order valence-electron chi connectivity index (χ3n) is 4.12. The number of thiocarbonyl (C=S) groups is 1. The number of nitrogens with zero attached hydrogens (tertiary/aromatic N) is 2. The molecule has 2 aromatic carbocycles. The number of anilines is 1. The SMILES string of the molecule is Cc1cccc(NC(=O)CCN2C(=O)/C(=C/c3cccc([N+](=O)[O-])c3)SC2=S)c1. The third kappa shape index (κ3) is 5.27. The van der Waals surface area contributed by atoms with Gasteiger partial charge < -0.3 is 5.32 Å². The molecule has 0 spiro atoms. The van der Waals surface area contributed by atoms with E-state index < -0.39 is 4.92 Å². The predicted octanol–water partition coefficient (Wildman–Crippen LogP) is 4.13. The second kappa shape index (κ2) is 8.97. The first-order chi connectivity index (χ1) is 13.8. The molecule has 0 bridgehead atoms. The van der Waals surface area contributed by atoms with Crippen LogP contribution in [0.2, 0.25) is 0 Å². The fourth-order valence-corrected chi connectivity index (χ4v) is 4.04. The van der Waals surface area contributed by atoms with Crippen LogP contribution >= 0.6 is 24.0 Å². The Morgan fingerprint density at radius 3 is 2.76 bits per heavy atom. The lowest BCUT2D eigenvalue weighted by Crippen LogP contribution is -2.31. The molecule has 1 N–H and O–H groups in total. The third-order valence-corrected chi connectivity index (χ3v) is 5.49. The number of thioether (sulfide) groups is 1. The predicted molar refractivity (Wildman–Crippen MR) is 117 cm³/mol. The highest BCUT2D eigenvalue weighted by Gasteiger charge is 2.32. The molecule has 0 aromatic heterocycles. The fourth-order valence-electron chi connectivity index (χ4n) is 2.73. The van der Waals surface area contributed by atoms with Crippen molar-refractivity contribution in [3.05, 3.63) is 74.7 Å². The van der Waals surface area contributed by atoms with E-state index in [0.717, 1.165) is 17.3 Å².